The van der Waals surface area contributed by atoms with Crippen LogP contribution in [0.5, 0.6) is 11.5 Å². The van der Waals surface area contributed by atoms with Gasteiger partial charge in [-0.2, -0.15) is 0 Å². The van der Waals surface area contributed by atoms with Crippen LogP contribution in [0.3, 0.4) is 0 Å². The Morgan fingerprint density at radius 1 is 1.08 bits per heavy atom. The number of amides is 1. The second-order valence-corrected chi connectivity index (χ2v) is 5.59. The molecule has 25 heavy (non-hydrogen) atoms. The summed E-state index contributed by atoms with van der Waals surface area (Å²) in [5.74, 6) is 1.72. The van der Waals surface area contributed by atoms with Crippen molar-refractivity contribution in [2.45, 2.75) is 26.2 Å². The minimum absolute atomic E-state index is 0.225. The first kappa shape index (κ1) is 18.6. The average Bonchev–Trinajstić information content (AvgIpc) is 2.65. The van der Waals surface area contributed by atoms with Crippen LogP contribution < -0.4 is 20.1 Å². The number of carbonyl (C=O) groups excluding carboxylic acids is 1. The molecule has 0 aliphatic heterocycles. The summed E-state index contributed by atoms with van der Waals surface area (Å²) in [4.78, 5) is 16.6. The number of benzene rings is 1. The minimum atomic E-state index is -0.225. The van der Waals surface area contributed by atoms with Gasteiger partial charge in [0.25, 0.3) is 5.91 Å². The molecule has 0 saturated heterocycles. The van der Waals surface area contributed by atoms with Gasteiger partial charge >= 0.3 is 0 Å². The van der Waals surface area contributed by atoms with E-state index in [-0.39, 0.29) is 5.91 Å². The molecule has 0 bridgehead atoms. The number of hydrogen-bond acceptors (Lipinski definition) is 5. The maximum atomic E-state index is 12.3. The third-order valence-corrected chi connectivity index (χ3v) is 3.75. The molecule has 0 unspecified atom stereocenters. The van der Waals surface area contributed by atoms with Crippen molar-refractivity contribution in [2.24, 2.45) is 0 Å². The van der Waals surface area contributed by atoms with Gasteiger partial charge in [-0.05, 0) is 30.7 Å². The summed E-state index contributed by atoms with van der Waals surface area (Å²) in [5, 5.41) is 6.08. The van der Waals surface area contributed by atoms with Crippen LogP contribution in [0.15, 0.2) is 36.5 Å². The average molecular weight is 343 g/mol. The van der Waals surface area contributed by atoms with E-state index in [0.29, 0.717) is 22.7 Å². The lowest BCUT2D eigenvalue weighted by molar-refractivity contribution is 0.102. The van der Waals surface area contributed by atoms with Gasteiger partial charge in [0.15, 0.2) is 11.5 Å². The number of unbranched alkanes of at least 4 members (excludes halogenated alkanes) is 2. The summed E-state index contributed by atoms with van der Waals surface area (Å²) in [5.41, 5.74) is 1.12. The summed E-state index contributed by atoms with van der Waals surface area (Å²) in [7, 11) is 3.12. The molecule has 1 heterocycles. The van der Waals surface area contributed by atoms with E-state index in [1.165, 1.54) is 12.8 Å². The molecule has 0 aliphatic rings. The number of aromatic nitrogens is 1. The van der Waals surface area contributed by atoms with Crippen LogP contribution in [0.1, 0.15) is 36.5 Å². The van der Waals surface area contributed by atoms with E-state index in [4.69, 9.17) is 9.47 Å². The lowest BCUT2D eigenvalue weighted by Gasteiger charge is -2.11. The van der Waals surface area contributed by atoms with E-state index in [1.54, 1.807) is 44.7 Å². The van der Waals surface area contributed by atoms with Gasteiger partial charge in [-0.25, -0.2) is 4.98 Å². The second-order valence-electron chi connectivity index (χ2n) is 5.59. The monoisotopic (exact) mass is 343 g/mol. The number of anilines is 2. The van der Waals surface area contributed by atoms with Crippen molar-refractivity contribution in [3.05, 3.63) is 42.1 Å². The fraction of sp³-hybridized carbons (Fsp3) is 0.368. The van der Waals surface area contributed by atoms with Gasteiger partial charge in [0.05, 0.1) is 19.8 Å². The number of nitrogens with zero attached hydrogens (tertiary/aromatic N) is 1. The van der Waals surface area contributed by atoms with Crippen molar-refractivity contribution in [1.29, 1.82) is 0 Å². The molecule has 1 aromatic carbocycles. The van der Waals surface area contributed by atoms with E-state index >= 15 is 0 Å². The lowest BCUT2D eigenvalue weighted by Crippen LogP contribution is -2.13. The Morgan fingerprint density at radius 2 is 1.88 bits per heavy atom. The number of ether oxygens (including phenoxy) is 2. The number of nitrogens with one attached hydrogen (secondary N) is 2. The van der Waals surface area contributed by atoms with Gasteiger partial charge < -0.3 is 20.1 Å². The Kier molecular flexibility index (Phi) is 7.07. The highest BCUT2D eigenvalue weighted by atomic mass is 16.5. The van der Waals surface area contributed by atoms with Crippen LogP contribution in [-0.2, 0) is 0 Å². The van der Waals surface area contributed by atoms with E-state index in [1.807, 2.05) is 6.07 Å². The van der Waals surface area contributed by atoms with Crippen molar-refractivity contribution in [1.82, 2.24) is 4.98 Å². The normalized spacial score (nSPS) is 10.2. The Hall–Kier alpha value is -2.76. The Bertz CT molecular complexity index is 687. The molecule has 134 valence electrons. The zero-order valence-electron chi connectivity index (χ0n) is 15.0. The maximum absolute atomic E-state index is 12.3. The molecule has 0 aliphatic carbocycles. The molecular formula is C19H25N3O3. The molecule has 0 fully saturated rings. The first-order chi connectivity index (χ1) is 12.2. The van der Waals surface area contributed by atoms with E-state index in [9.17, 15) is 4.79 Å². The Morgan fingerprint density at radius 3 is 2.52 bits per heavy atom. The minimum Gasteiger partial charge on any atom is -0.493 e. The number of hydrogen-bond donors (Lipinski definition) is 2. The van der Waals surface area contributed by atoms with Gasteiger partial charge in [0.2, 0.25) is 0 Å². The van der Waals surface area contributed by atoms with Gasteiger partial charge in [-0.3, -0.25) is 4.79 Å². The Labute approximate surface area is 148 Å². The highest BCUT2D eigenvalue weighted by molar-refractivity contribution is 6.04. The molecule has 2 rings (SSSR count). The van der Waals surface area contributed by atoms with Crippen molar-refractivity contribution in [3.8, 4) is 11.5 Å². The van der Waals surface area contributed by atoms with Gasteiger partial charge in [-0.1, -0.05) is 19.8 Å². The third kappa shape index (κ3) is 5.38. The first-order valence-electron chi connectivity index (χ1n) is 8.41. The smallest absolute Gasteiger partial charge is 0.257 e. The standard InChI is InChI=1S/C19H25N3O3/c1-4-5-6-11-20-18-10-7-14(13-21-18)19(23)22-15-8-9-16(24-2)17(12-15)25-3/h7-10,12-13H,4-6,11H2,1-3H3,(H,20,21)(H,22,23). The molecule has 6 nitrogen and oxygen atoms in total. The van der Waals surface area contributed by atoms with Crippen molar-refractivity contribution in [2.75, 3.05) is 31.4 Å². The SMILES string of the molecule is CCCCCNc1ccc(C(=O)Nc2ccc(OC)c(OC)c2)cn1. The predicted molar refractivity (Wildman–Crippen MR) is 99.8 cm³/mol. The summed E-state index contributed by atoms with van der Waals surface area (Å²) in [6, 6.07) is 8.79. The fourth-order valence-electron chi connectivity index (χ4n) is 2.34. The summed E-state index contributed by atoms with van der Waals surface area (Å²) < 4.78 is 10.4. The molecule has 6 heteroatoms. The molecule has 1 amide bonds. The highest BCUT2D eigenvalue weighted by Crippen LogP contribution is 2.29. The van der Waals surface area contributed by atoms with E-state index in [0.717, 1.165) is 18.8 Å². The zero-order chi connectivity index (χ0) is 18.1. The number of rotatable bonds is 9. The Balaban J connectivity index is 1.96. The molecule has 2 N–H and O–H groups in total. The van der Waals surface area contributed by atoms with Crippen molar-refractivity contribution in [3.63, 3.8) is 0 Å². The van der Waals surface area contributed by atoms with E-state index in [2.05, 4.69) is 22.5 Å². The van der Waals surface area contributed by atoms with Crippen LogP contribution in [0.4, 0.5) is 11.5 Å². The molecule has 2 aromatic rings. The molecule has 0 radical (unpaired) electrons. The summed E-state index contributed by atoms with van der Waals surface area (Å²) in [6.07, 6.45) is 5.06. The molecule has 1 aromatic heterocycles. The maximum Gasteiger partial charge on any atom is 0.257 e. The molecular weight excluding hydrogens is 318 g/mol. The van der Waals surface area contributed by atoms with Gasteiger partial charge in [0, 0.05) is 24.5 Å². The lowest BCUT2D eigenvalue weighted by atomic mass is 10.2. The fourth-order valence-corrected chi connectivity index (χ4v) is 2.34. The third-order valence-electron chi connectivity index (χ3n) is 3.75. The van der Waals surface area contributed by atoms with E-state index < -0.39 is 0 Å². The molecule has 0 spiro atoms. The topological polar surface area (TPSA) is 72.5 Å². The second kappa shape index (κ2) is 9.52. The van der Waals surface area contributed by atoms with Crippen LogP contribution in [0.25, 0.3) is 0 Å². The van der Waals surface area contributed by atoms with Crippen molar-refractivity contribution < 1.29 is 14.3 Å². The number of carbonyl (C=O) groups is 1. The van der Waals surface area contributed by atoms with Crippen LogP contribution in [0.2, 0.25) is 0 Å². The number of methoxy groups -OCH3 is 2. The quantitative estimate of drug-likeness (QED) is 0.675. The van der Waals surface area contributed by atoms with Crippen LogP contribution in [-0.4, -0.2) is 31.7 Å². The largest absolute Gasteiger partial charge is 0.493 e. The van der Waals surface area contributed by atoms with Gasteiger partial charge in [0.1, 0.15) is 5.82 Å². The zero-order valence-corrected chi connectivity index (χ0v) is 15.0. The predicted octanol–water partition coefficient (Wildman–Crippen LogP) is 3.95. The first-order valence-corrected chi connectivity index (χ1v) is 8.41. The summed E-state index contributed by atoms with van der Waals surface area (Å²) in [6.45, 7) is 3.06. The number of pyridine rings is 1. The van der Waals surface area contributed by atoms with Crippen LogP contribution in [0, 0.1) is 0 Å². The van der Waals surface area contributed by atoms with Gasteiger partial charge in [-0.15, -0.1) is 0 Å². The summed E-state index contributed by atoms with van der Waals surface area (Å²) >= 11 is 0. The molecule has 0 saturated carbocycles. The molecule has 0 atom stereocenters. The van der Waals surface area contributed by atoms with Crippen LogP contribution >= 0.6 is 0 Å². The van der Waals surface area contributed by atoms with Crippen molar-refractivity contribution >= 4 is 17.4 Å². The highest BCUT2D eigenvalue weighted by Gasteiger charge is 2.09.